The molecule has 0 atom stereocenters. The Bertz CT molecular complexity index is 2250. The minimum absolute atomic E-state index is 0. The van der Waals surface area contributed by atoms with Gasteiger partial charge in [0.1, 0.15) is 5.69 Å². The summed E-state index contributed by atoms with van der Waals surface area (Å²) >= 11 is 1.82. The van der Waals surface area contributed by atoms with Gasteiger partial charge >= 0.3 is 0 Å². The summed E-state index contributed by atoms with van der Waals surface area (Å²) in [6.45, 7) is 6.13. The molecule has 0 spiro atoms. The Hall–Kier alpha value is -4.93. The number of nitrogens with zero attached hydrogens (tertiary/aromatic N) is 3. The van der Waals surface area contributed by atoms with E-state index in [-0.39, 0.29) is 20.1 Å². The second-order valence-electron chi connectivity index (χ2n) is 11.1. The molecular formula is C43H34IrN3S-3. The molecule has 5 heteroatoms. The van der Waals surface area contributed by atoms with E-state index in [1.165, 1.54) is 25.7 Å². The zero-order valence-electron chi connectivity index (χ0n) is 27.1. The van der Waals surface area contributed by atoms with Crippen molar-refractivity contribution < 1.29 is 24.7 Å². The first kappa shape index (κ1) is 34.4. The molecule has 0 fully saturated rings. The molecule has 1 radical (unpaired) electrons. The van der Waals surface area contributed by atoms with Gasteiger partial charge < -0.3 is 14.5 Å². The molecule has 8 aromatic rings. The standard InChI is InChI=1S/C18H12NS.C13H12N.C12H10N.Ir/c1-12-9-10-19-16(11-12)15-7-4-6-14-13-5-2-3-8-17(13)20-18(14)15;1-11-7-6-10-13(14(11)2)12-8-4-3-5-9-12;1-10-6-5-9-12(13-10)11-7-3-2-4-8-11;/h2-6,8-11H,1H3;3-8,10H,2H2,1H3;2-7,9H,1H3;/q3*-1;. The molecule has 0 saturated heterocycles. The van der Waals surface area contributed by atoms with E-state index in [4.69, 9.17) is 0 Å². The quantitative estimate of drug-likeness (QED) is 0.131. The minimum atomic E-state index is 0. The summed E-state index contributed by atoms with van der Waals surface area (Å²) in [5, 5.41) is 2.61. The summed E-state index contributed by atoms with van der Waals surface area (Å²) in [6, 6.07) is 54.5. The van der Waals surface area contributed by atoms with Crippen molar-refractivity contribution in [2.75, 3.05) is 0 Å². The van der Waals surface area contributed by atoms with E-state index >= 15 is 0 Å². The molecule has 0 bridgehead atoms. The van der Waals surface area contributed by atoms with E-state index in [2.05, 4.69) is 78.5 Å². The van der Waals surface area contributed by atoms with E-state index < -0.39 is 0 Å². The number of rotatable bonds is 3. The molecule has 0 aliphatic heterocycles. The van der Waals surface area contributed by atoms with Crippen molar-refractivity contribution in [3.8, 4) is 33.8 Å². The van der Waals surface area contributed by atoms with Gasteiger partial charge in [-0.25, -0.2) is 0 Å². The zero-order chi connectivity index (χ0) is 32.6. The van der Waals surface area contributed by atoms with Crippen molar-refractivity contribution in [3.63, 3.8) is 0 Å². The Morgan fingerprint density at radius 2 is 1.38 bits per heavy atom. The molecule has 4 heterocycles. The van der Waals surface area contributed by atoms with E-state index in [1.807, 2.05) is 133 Å². The van der Waals surface area contributed by atoms with Gasteiger partial charge in [0.25, 0.3) is 0 Å². The number of thiophene rings is 1. The SMILES string of the molecule is Cc1cccc(-c2[c-]cccc2)n1.Cc1ccnc(-c2[c-]ccc3c2sc2ccccc23)c1.[CH2-][n+]1c(C)cccc1-c1[c-]cccc1.[Ir]. The number of benzene rings is 4. The smallest absolute Gasteiger partial charge is 0.115 e. The van der Waals surface area contributed by atoms with Gasteiger partial charge in [0.05, 0.1) is 5.69 Å². The first-order chi connectivity index (χ1) is 23.0. The van der Waals surface area contributed by atoms with Crippen LogP contribution in [0.3, 0.4) is 0 Å². The van der Waals surface area contributed by atoms with E-state index in [0.717, 1.165) is 45.2 Å². The van der Waals surface area contributed by atoms with Crippen LogP contribution in [0.1, 0.15) is 17.0 Å². The summed E-state index contributed by atoms with van der Waals surface area (Å²) < 4.78 is 4.51. The zero-order valence-corrected chi connectivity index (χ0v) is 30.3. The van der Waals surface area contributed by atoms with Gasteiger partial charge in [0.2, 0.25) is 0 Å². The molecule has 4 aromatic carbocycles. The first-order valence-corrected chi connectivity index (χ1v) is 16.2. The largest absolute Gasteiger partial charge is 0.318 e. The molecule has 0 unspecified atom stereocenters. The van der Waals surface area contributed by atoms with Crippen molar-refractivity contribution in [1.82, 2.24) is 9.97 Å². The molecule has 0 saturated carbocycles. The van der Waals surface area contributed by atoms with Crippen LogP contribution in [0.4, 0.5) is 0 Å². The summed E-state index contributed by atoms with van der Waals surface area (Å²) in [7, 11) is 3.99. The topological polar surface area (TPSA) is 29.7 Å². The average molecular weight is 817 g/mol. The normalized spacial score (nSPS) is 10.3. The summed E-state index contributed by atoms with van der Waals surface area (Å²) in [5.74, 6) is 0. The number of hydrogen-bond donors (Lipinski definition) is 0. The monoisotopic (exact) mass is 817 g/mol. The number of aromatic nitrogens is 3. The fourth-order valence-corrected chi connectivity index (χ4v) is 6.44. The van der Waals surface area contributed by atoms with Crippen molar-refractivity contribution >= 4 is 31.5 Å². The van der Waals surface area contributed by atoms with Gasteiger partial charge in [-0.1, -0.05) is 65.0 Å². The van der Waals surface area contributed by atoms with Gasteiger partial charge in [-0.15, -0.1) is 90.0 Å². The Kier molecular flexibility index (Phi) is 11.7. The van der Waals surface area contributed by atoms with Crippen molar-refractivity contribution in [3.05, 3.63) is 182 Å². The van der Waals surface area contributed by atoms with E-state index in [9.17, 15) is 0 Å². The van der Waals surface area contributed by atoms with Crippen LogP contribution in [0, 0.1) is 46.0 Å². The van der Waals surface area contributed by atoms with Gasteiger partial charge in [-0.05, 0) is 66.5 Å². The van der Waals surface area contributed by atoms with Gasteiger partial charge in [0, 0.05) is 43.7 Å². The molecule has 0 amide bonds. The maximum absolute atomic E-state index is 4.51. The van der Waals surface area contributed by atoms with Crippen LogP contribution in [0.15, 0.2) is 140 Å². The predicted octanol–water partition coefficient (Wildman–Crippen LogP) is 10.5. The number of hydrogen-bond acceptors (Lipinski definition) is 3. The van der Waals surface area contributed by atoms with E-state index in [0.29, 0.717) is 0 Å². The van der Waals surface area contributed by atoms with Gasteiger partial charge in [0.15, 0.2) is 0 Å². The molecule has 0 aliphatic carbocycles. The Morgan fingerprint density at radius 3 is 2.10 bits per heavy atom. The third kappa shape index (κ3) is 8.13. The molecule has 48 heavy (non-hydrogen) atoms. The number of aryl methyl sites for hydroxylation is 3. The summed E-state index contributed by atoms with van der Waals surface area (Å²) in [6.07, 6.45) is 1.87. The van der Waals surface area contributed by atoms with Gasteiger partial charge in [-0.2, -0.15) is 11.3 Å². The van der Waals surface area contributed by atoms with Crippen molar-refractivity contribution in [2.24, 2.45) is 0 Å². The maximum Gasteiger partial charge on any atom is 0.115 e. The summed E-state index contributed by atoms with van der Waals surface area (Å²) in [5.41, 5.74) is 9.70. The Morgan fingerprint density at radius 1 is 0.646 bits per heavy atom. The van der Waals surface area contributed by atoms with Crippen LogP contribution in [0.2, 0.25) is 0 Å². The average Bonchev–Trinajstić information content (AvgIpc) is 3.50. The van der Waals surface area contributed by atoms with Crippen LogP contribution in [0.25, 0.3) is 53.9 Å². The van der Waals surface area contributed by atoms with E-state index in [1.54, 1.807) is 0 Å². The molecule has 0 N–H and O–H groups in total. The fraction of sp³-hybridized carbons (Fsp3) is 0.0698. The van der Waals surface area contributed by atoms with Crippen molar-refractivity contribution in [2.45, 2.75) is 20.8 Å². The van der Waals surface area contributed by atoms with Crippen molar-refractivity contribution in [1.29, 1.82) is 0 Å². The first-order valence-electron chi connectivity index (χ1n) is 15.4. The molecule has 3 nitrogen and oxygen atoms in total. The maximum atomic E-state index is 4.51. The summed E-state index contributed by atoms with van der Waals surface area (Å²) in [4.78, 5) is 8.92. The fourth-order valence-electron chi connectivity index (χ4n) is 5.24. The molecule has 4 aromatic heterocycles. The molecule has 239 valence electrons. The minimum Gasteiger partial charge on any atom is -0.318 e. The molecular weight excluding hydrogens is 783 g/mol. The van der Waals surface area contributed by atoms with Gasteiger partial charge in [-0.3, -0.25) is 0 Å². The third-order valence-corrected chi connectivity index (χ3v) is 8.88. The second kappa shape index (κ2) is 16.3. The van der Waals surface area contributed by atoms with Crippen LogP contribution < -0.4 is 4.57 Å². The van der Waals surface area contributed by atoms with Crippen LogP contribution in [0.5, 0.6) is 0 Å². The Balaban J connectivity index is 0.000000144. The Labute approximate surface area is 301 Å². The van der Waals surface area contributed by atoms with Crippen LogP contribution >= 0.6 is 11.3 Å². The molecule has 0 aliphatic rings. The second-order valence-corrected chi connectivity index (χ2v) is 12.2. The predicted molar refractivity (Wildman–Crippen MR) is 196 cm³/mol. The third-order valence-electron chi connectivity index (χ3n) is 7.68. The van der Waals surface area contributed by atoms with Crippen LogP contribution in [-0.2, 0) is 20.1 Å². The number of pyridine rings is 3. The molecule has 8 rings (SSSR count). The number of fused-ring (bicyclic) bond motifs is 3. The van der Waals surface area contributed by atoms with Crippen LogP contribution in [-0.4, -0.2) is 9.97 Å².